The van der Waals surface area contributed by atoms with Gasteiger partial charge in [0.15, 0.2) is 0 Å². The fourth-order valence-electron chi connectivity index (χ4n) is 8.50. The predicted molar refractivity (Wildman–Crippen MR) is 231 cm³/mol. The third-order valence-electron chi connectivity index (χ3n) is 11.0. The maximum Gasteiger partial charge on any atom is 0.136 e. The van der Waals surface area contributed by atoms with E-state index in [0.717, 1.165) is 55.8 Å². The normalized spacial score (nSPS) is 11.6. The zero-order valence-corrected chi connectivity index (χ0v) is 29.9. The highest BCUT2D eigenvalue weighted by Gasteiger charge is 2.24. The van der Waals surface area contributed by atoms with E-state index in [1.165, 1.54) is 43.7 Å². The third-order valence-corrected chi connectivity index (χ3v) is 11.0. The zero-order valence-electron chi connectivity index (χ0n) is 29.9. The molecule has 2 heterocycles. The minimum Gasteiger partial charge on any atom is -0.456 e. The van der Waals surface area contributed by atoms with Crippen molar-refractivity contribution in [2.45, 2.75) is 0 Å². The first kappa shape index (κ1) is 31.2. The number of furan rings is 1. The Hall–Kier alpha value is -7.36. The lowest BCUT2D eigenvalue weighted by Crippen LogP contribution is -2.14. The smallest absolute Gasteiger partial charge is 0.136 e. The molecule has 0 unspecified atom stereocenters. The van der Waals surface area contributed by atoms with Gasteiger partial charge in [-0.1, -0.05) is 146 Å². The molecule has 0 fully saturated rings. The van der Waals surface area contributed by atoms with E-state index in [0.29, 0.717) is 0 Å². The fraction of sp³-hybridized carbons (Fsp3) is 0. The minimum absolute atomic E-state index is 0.877. The van der Waals surface area contributed by atoms with E-state index in [1.807, 2.05) is 0 Å². The molecule has 0 atom stereocenters. The SMILES string of the molecule is c1ccc(-c2ccc(N(c3ccccc3-c3cccc4oc5cc6ccccc6cc5c34)c3ccccc3-n3c4ccccc4c4ccccc43)cc2)cc1. The quantitative estimate of drug-likeness (QED) is 0.172. The van der Waals surface area contributed by atoms with Crippen LogP contribution < -0.4 is 4.90 Å². The molecule has 55 heavy (non-hydrogen) atoms. The van der Waals surface area contributed by atoms with Gasteiger partial charge in [0.25, 0.3) is 0 Å². The number of fused-ring (bicyclic) bond motifs is 7. The van der Waals surface area contributed by atoms with E-state index in [9.17, 15) is 0 Å². The van der Waals surface area contributed by atoms with Crippen molar-refractivity contribution < 1.29 is 4.42 Å². The highest BCUT2D eigenvalue weighted by molar-refractivity contribution is 6.17. The first-order valence-electron chi connectivity index (χ1n) is 18.8. The van der Waals surface area contributed by atoms with E-state index >= 15 is 0 Å². The van der Waals surface area contributed by atoms with Crippen LogP contribution >= 0.6 is 0 Å². The van der Waals surface area contributed by atoms with Gasteiger partial charge in [0.1, 0.15) is 11.2 Å². The number of hydrogen-bond donors (Lipinski definition) is 0. The number of benzene rings is 9. The summed E-state index contributed by atoms with van der Waals surface area (Å²) >= 11 is 0. The van der Waals surface area contributed by atoms with Gasteiger partial charge < -0.3 is 13.9 Å². The summed E-state index contributed by atoms with van der Waals surface area (Å²) in [6, 6.07) is 74.0. The van der Waals surface area contributed by atoms with Crippen LogP contribution in [-0.4, -0.2) is 4.57 Å². The van der Waals surface area contributed by atoms with Crippen LogP contribution in [0, 0.1) is 0 Å². The van der Waals surface area contributed by atoms with Crippen LogP contribution in [0.15, 0.2) is 211 Å². The topological polar surface area (TPSA) is 21.3 Å². The summed E-state index contributed by atoms with van der Waals surface area (Å²) in [6.45, 7) is 0. The van der Waals surface area contributed by atoms with Gasteiger partial charge in [-0.05, 0) is 88.1 Å². The molecule has 3 heteroatoms. The summed E-state index contributed by atoms with van der Waals surface area (Å²) in [5.41, 5.74) is 13.0. The Morgan fingerprint density at radius 3 is 1.73 bits per heavy atom. The Morgan fingerprint density at radius 2 is 0.964 bits per heavy atom. The standard InChI is InChI=1S/C52H34N2O/c1-2-15-35(16-3-1)36-29-31-39(32-30-36)53(48-26-12-13-27-49(48)54-46-24-10-6-19-40(46)41-20-7-11-25-47(41)54)45-23-9-8-21-42(45)43-22-14-28-50-52(43)44-33-37-17-4-5-18-38(37)34-51(44)55-50/h1-34H. The predicted octanol–water partition coefficient (Wildman–Crippen LogP) is 14.6. The number of hydrogen-bond acceptors (Lipinski definition) is 2. The molecule has 9 aromatic carbocycles. The third kappa shape index (κ3) is 5.05. The molecule has 0 aliphatic carbocycles. The van der Waals surface area contributed by atoms with Crippen molar-refractivity contribution in [2.24, 2.45) is 0 Å². The highest BCUT2D eigenvalue weighted by Crippen LogP contribution is 2.47. The minimum atomic E-state index is 0.877. The maximum absolute atomic E-state index is 6.58. The molecule has 2 aromatic heterocycles. The summed E-state index contributed by atoms with van der Waals surface area (Å²) in [7, 11) is 0. The summed E-state index contributed by atoms with van der Waals surface area (Å²) in [5, 5.41) is 7.06. The van der Waals surface area contributed by atoms with E-state index in [4.69, 9.17) is 4.42 Å². The Labute approximate surface area is 318 Å². The Bertz CT molecular complexity index is 3150. The second kappa shape index (κ2) is 12.6. The van der Waals surface area contributed by atoms with Crippen molar-refractivity contribution in [2.75, 3.05) is 4.90 Å². The molecule has 0 aliphatic rings. The number of nitrogens with zero attached hydrogens (tertiary/aromatic N) is 2. The largest absolute Gasteiger partial charge is 0.456 e. The molecule has 0 amide bonds. The number of anilines is 3. The Morgan fingerprint density at radius 1 is 0.382 bits per heavy atom. The van der Waals surface area contributed by atoms with Crippen molar-refractivity contribution in [1.82, 2.24) is 4.57 Å². The number of para-hydroxylation sites is 5. The van der Waals surface area contributed by atoms with Gasteiger partial charge in [-0.3, -0.25) is 0 Å². The van der Waals surface area contributed by atoms with E-state index in [2.05, 4.69) is 216 Å². The van der Waals surface area contributed by atoms with Crippen molar-refractivity contribution >= 4 is 71.6 Å². The summed E-state index contributed by atoms with van der Waals surface area (Å²) in [6.07, 6.45) is 0. The molecule has 258 valence electrons. The van der Waals surface area contributed by atoms with Gasteiger partial charge >= 0.3 is 0 Å². The van der Waals surface area contributed by atoms with Crippen LogP contribution in [0.4, 0.5) is 17.1 Å². The fourth-order valence-corrected chi connectivity index (χ4v) is 8.50. The lowest BCUT2D eigenvalue weighted by molar-refractivity contribution is 0.669. The maximum atomic E-state index is 6.58. The molecule has 0 aliphatic heterocycles. The molecule has 0 saturated heterocycles. The van der Waals surface area contributed by atoms with Crippen LogP contribution in [0.25, 0.3) is 82.5 Å². The molecule has 0 bridgehead atoms. The molecule has 3 nitrogen and oxygen atoms in total. The molecule has 0 saturated carbocycles. The van der Waals surface area contributed by atoms with Crippen molar-refractivity contribution in [1.29, 1.82) is 0 Å². The highest BCUT2D eigenvalue weighted by atomic mass is 16.3. The molecular formula is C52H34N2O. The molecule has 0 spiro atoms. The van der Waals surface area contributed by atoms with Crippen molar-refractivity contribution in [3.05, 3.63) is 206 Å². The van der Waals surface area contributed by atoms with E-state index in [-0.39, 0.29) is 0 Å². The lowest BCUT2D eigenvalue weighted by Gasteiger charge is -2.30. The second-order valence-electron chi connectivity index (χ2n) is 14.1. The second-order valence-corrected chi connectivity index (χ2v) is 14.1. The van der Waals surface area contributed by atoms with Crippen LogP contribution in [0.5, 0.6) is 0 Å². The van der Waals surface area contributed by atoms with E-state index in [1.54, 1.807) is 0 Å². The van der Waals surface area contributed by atoms with Gasteiger partial charge in [-0.2, -0.15) is 0 Å². The Kier molecular flexibility index (Phi) is 7.17. The molecular weight excluding hydrogens is 669 g/mol. The number of aromatic nitrogens is 1. The Balaban J connectivity index is 1.19. The van der Waals surface area contributed by atoms with Gasteiger partial charge in [-0.25, -0.2) is 0 Å². The molecule has 11 aromatic rings. The molecule has 0 N–H and O–H groups in total. The average molecular weight is 703 g/mol. The molecule has 11 rings (SSSR count). The van der Waals surface area contributed by atoms with Crippen molar-refractivity contribution in [3.8, 4) is 27.9 Å². The summed E-state index contributed by atoms with van der Waals surface area (Å²) in [4.78, 5) is 2.43. The van der Waals surface area contributed by atoms with Gasteiger partial charge in [0.2, 0.25) is 0 Å². The first-order chi connectivity index (χ1) is 27.3. The van der Waals surface area contributed by atoms with Gasteiger partial charge in [-0.15, -0.1) is 0 Å². The van der Waals surface area contributed by atoms with Gasteiger partial charge in [0.05, 0.1) is 28.1 Å². The lowest BCUT2D eigenvalue weighted by atomic mass is 9.96. The van der Waals surface area contributed by atoms with Crippen LogP contribution in [0.2, 0.25) is 0 Å². The average Bonchev–Trinajstić information content (AvgIpc) is 3.79. The summed E-state index contributed by atoms with van der Waals surface area (Å²) in [5.74, 6) is 0. The first-order valence-corrected chi connectivity index (χ1v) is 18.8. The van der Waals surface area contributed by atoms with Crippen LogP contribution in [0.3, 0.4) is 0 Å². The molecule has 0 radical (unpaired) electrons. The summed E-state index contributed by atoms with van der Waals surface area (Å²) < 4.78 is 9.00. The number of rotatable bonds is 6. The van der Waals surface area contributed by atoms with Crippen LogP contribution in [-0.2, 0) is 0 Å². The van der Waals surface area contributed by atoms with Gasteiger partial charge in [0, 0.05) is 32.8 Å². The monoisotopic (exact) mass is 702 g/mol. The van der Waals surface area contributed by atoms with Crippen LogP contribution in [0.1, 0.15) is 0 Å². The van der Waals surface area contributed by atoms with E-state index < -0.39 is 0 Å². The zero-order chi connectivity index (χ0) is 36.3. The van der Waals surface area contributed by atoms with Crippen molar-refractivity contribution in [3.63, 3.8) is 0 Å².